The predicted octanol–water partition coefficient (Wildman–Crippen LogP) is 2.12. The zero-order chi connectivity index (χ0) is 12.6. The van der Waals surface area contributed by atoms with Gasteiger partial charge in [-0.3, -0.25) is 0 Å². The van der Waals surface area contributed by atoms with Crippen molar-refractivity contribution in [2.24, 2.45) is 11.8 Å². The lowest BCUT2D eigenvalue weighted by molar-refractivity contribution is 0.0608. The third-order valence-electron chi connectivity index (χ3n) is 4.64. The molecule has 3 heteroatoms. The molecule has 2 aliphatic rings. The molecule has 0 aliphatic carbocycles. The molecule has 1 N–H and O–H groups in total. The van der Waals surface area contributed by atoms with Crippen LogP contribution in [0.2, 0.25) is 0 Å². The van der Waals surface area contributed by atoms with Gasteiger partial charge in [0.1, 0.15) is 0 Å². The third-order valence-corrected chi connectivity index (χ3v) is 4.64. The van der Waals surface area contributed by atoms with Gasteiger partial charge in [0.2, 0.25) is 0 Å². The molecule has 2 aliphatic heterocycles. The monoisotopic (exact) mass is 254 g/mol. The lowest BCUT2D eigenvalue weighted by Crippen LogP contribution is -2.31. The Morgan fingerprint density at radius 3 is 2.11 bits per heavy atom. The molecule has 0 aromatic carbocycles. The molecule has 2 rings (SSSR count). The quantitative estimate of drug-likeness (QED) is 0.786. The standard InChI is InChI=1S/C15H30N2O/c1-17(10-4-14-2-8-16-9-3-14)11-5-15-6-12-18-13-7-15/h14-16H,2-13H2,1H3. The van der Waals surface area contributed by atoms with Gasteiger partial charge >= 0.3 is 0 Å². The van der Waals surface area contributed by atoms with Crippen molar-refractivity contribution in [3.05, 3.63) is 0 Å². The Morgan fingerprint density at radius 2 is 1.50 bits per heavy atom. The van der Waals surface area contributed by atoms with E-state index in [1.165, 1.54) is 64.7 Å². The number of hydrogen-bond acceptors (Lipinski definition) is 3. The Morgan fingerprint density at radius 1 is 0.944 bits per heavy atom. The summed E-state index contributed by atoms with van der Waals surface area (Å²) in [4.78, 5) is 2.54. The van der Waals surface area contributed by atoms with E-state index in [1.54, 1.807) is 0 Å². The molecule has 2 saturated heterocycles. The summed E-state index contributed by atoms with van der Waals surface area (Å²) < 4.78 is 5.41. The molecule has 2 fully saturated rings. The minimum absolute atomic E-state index is 0.917. The molecule has 0 amide bonds. The molecule has 0 saturated carbocycles. The van der Waals surface area contributed by atoms with Crippen LogP contribution in [-0.4, -0.2) is 51.3 Å². The second kappa shape index (κ2) is 8.13. The molecule has 2 heterocycles. The summed E-state index contributed by atoms with van der Waals surface area (Å²) in [5.41, 5.74) is 0. The summed E-state index contributed by atoms with van der Waals surface area (Å²) in [5.74, 6) is 1.89. The van der Waals surface area contributed by atoms with Crippen molar-refractivity contribution >= 4 is 0 Å². The first kappa shape index (κ1) is 14.3. The molecule has 18 heavy (non-hydrogen) atoms. The third kappa shape index (κ3) is 5.25. The first-order valence-corrected chi connectivity index (χ1v) is 7.81. The van der Waals surface area contributed by atoms with Gasteiger partial charge in [-0.25, -0.2) is 0 Å². The number of hydrogen-bond donors (Lipinski definition) is 1. The van der Waals surface area contributed by atoms with E-state index in [0.29, 0.717) is 0 Å². The van der Waals surface area contributed by atoms with Crippen LogP contribution in [0.1, 0.15) is 38.5 Å². The van der Waals surface area contributed by atoms with Crippen molar-refractivity contribution in [1.29, 1.82) is 0 Å². The van der Waals surface area contributed by atoms with Crippen LogP contribution in [0.4, 0.5) is 0 Å². The fourth-order valence-electron chi connectivity index (χ4n) is 3.12. The Labute approximate surface area is 112 Å². The van der Waals surface area contributed by atoms with Crippen LogP contribution in [-0.2, 0) is 4.74 Å². The summed E-state index contributed by atoms with van der Waals surface area (Å²) in [5, 5.41) is 3.45. The topological polar surface area (TPSA) is 24.5 Å². The van der Waals surface area contributed by atoms with Crippen LogP contribution in [0, 0.1) is 11.8 Å². The summed E-state index contributed by atoms with van der Waals surface area (Å²) in [7, 11) is 2.29. The smallest absolute Gasteiger partial charge is 0.0468 e. The maximum Gasteiger partial charge on any atom is 0.0468 e. The van der Waals surface area contributed by atoms with E-state index in [2.05, 4.69) is 17.3 Å². The van der Waals surface area contributed by atoms with Gasteiger partial charge in [-0.15, -0.1) is 0 Å². The van der Waals surface area contributed by atoms with Crippen molar-refractivity contribution in [3.63, 3.8) is 0 Å². The molecule has 0 radical (unpaired) electrons. The van der Waals surface area contributed by atoms with Crippen molar-refractivity contribution < 1.29 is 4.74 Å². The molecule has 0 bridgehead atoms. The van der Waals surface area contributed by atoms with E-state index in [0.717, 1.165) is 25.0 Å². The molecule has 0 unspecified atom stereocenters. The first-order chi connectivity index (χ1) is 8.84. The minimum atomic E-state index is 0.917. The zero-order valence-corrected chi connectivity index (χ0v) is 12.0. The molecule has 0 spiro atoms. The Bertz CT molecular complexity index is 189. The summed E-state index contributed by atoms with van der Waals surface area (Å²) >= 11 is 0. The second-order valence-electron chi connectivity index (χ2n) is 6.13. The lowest BCUT2D eigenvalue weighted by atomic mass is 9.94. The Hall–Kier alpha value is -0.120. The first-order valence-electron chi connectivity index (χ1n) is 7.81. The van der Waals surface area contributed by atoms with E-state index in [1.807, 2.05) is 0 Å². The van der Waals surface area contributed by atoms with Gasteiger partial charge < -0.3 is 15.0 Å². The highest BCUT2D eigenvalue weighted by molar-refractivity contribution is 4.70. The molecular weight excluding hydrogens is 224 g/mol. The van der Waals surface area contributed by atoms with Crippen molar-refractivity contribution in [3.8, 4) is 0 Å². The van der Waals surface area contributed by atoms with Gasteiger partial charge in [0.25, 0.3) is 0 Å². The van der Waals surface area contributed by atoms with E-state index < -0.39 is 0 Å². The Balaban J connectivity index is 1.52. The SMILES string of the molecule is CN(CCC1CCNCC1)CCC1CCOCC1. The molecular formula is C15H30N2O. The maximum atomic E-state index is 5.41. The molecule has 0 aromatic heterocycles. The normalized spacial score (nSPS) is 23.7. The second-order valence-corrected chi connectivity index (χ2v) is 6.13. The van der Waals surface area contributed by atoms with E-state index in [9.17, 15) is 0 Å². The summed E-state index contributed by atoms with van der Waals surface area (Å²) in [6, 6.07) is 0. The predicted molar refractivity (Wildman–Crippen MR) is 75.9 cm³/mol. The van der Waals surface area contributed by atoms with Crippen molar-refractivity contribution in [1.82, 2.24) is 10.2 Å². The summed E-state index contributed by atoms with van der Waals surface area (Å²) in [6.45, 7) is 7.00. The fourth-order valence-corrected chi connectivity index (χ4v) is 3.12. The van der Waals surface area contributed by atoms with Gasteiger partial charge in [-0.05, 0) is 83.6 Å². The van der Waals surface area contributed by atoms with Crippen LogP contribution in [0.25, 0.3) is 0 Å². The number of nitrogens with zero attached hydrogens (tertiary/aromatic N) is 1. The number of rotatable bonds is 6. The number of piperidine rings is 1. The van der Waals surface area contributed by atoms with Gasteiger partial charge in [0.15, 0.2) is 0 Å². The van der Waals surface area contributed by atoms with E-state index in [4.69, 9.17) is 4.74 Å². The average Bonchev–Trinajstić information content (AvgIpc) is 2.45. The number of nitrogens with one attached hydrogen (secondary N) is 1. The van der Waals surface area contributed by atoms with Crippen LogP contribution < -0.4 is 5.32 Å². The van der Waals surface area contributed by atoms with Crippen molar-refractivity contribution in [2.45, 2.75) is 38.5 Å². The minimum Gasteiger partial charge on any atom is -0.381 e. The van der Waals surface area contributed by atoms with Crippen LogP contribution >= 0.6 is 0 Å². The van der Waals surface area contributed by atoms with Crippen LogP contribution in [0.5, 0.6) is 0 Å². The lowest BCUT2D eigenvalue weighted by Gasteiger charge is -2.27. The highest BCUT2D eigenvalue weighted by Crippen LogP contribution is 2.19. The molecule has 0 atom stereocenters. The Kier molecular flexibility index (Phi) is 6.46. The van der Waals surface area contributed by atoms with Gasteiger partial charge in [0.05, 0.1) is 0 Å². The average molecular weight is 254 g/mol. The van der Waals surface area contributed by atoms with Crippen LogP contribution in [0.15, 0.2) is 0 Å². The maximum absolute atomic E-state index is 5.41. The van der Waals surface area contributed by atoms with E-state index in [-0.39, 0.29) is 0 Å². The highest BCUT2D eigenvalue weighted by atomic mass is 16.5. The molecule has 0 aromatic rings. The highest BCUT2D eigenvalue weighted by Gasteiger charge is 2.16. The zero-order valence-electron chi connectivity index (χ0n) is 12.0. The summed E-state index contributed by atoms with van der Waals surface area (Å²) in [6.07, 6.45) is 8.09. The van der Waals surface area contributed by atoms with Crippen LogP contribution in [0.3, 0.4) is 0 Å². The van der Waals surface area contributed by atoms with Gasteiger partial charge in [0, 0.05) is 13.2 Å². The van der Waals surface area contributed by atoms with Crippen molar-refractivity contribution in [2.75, 3.05) is 46.4 Å². The largest absolute Gasteiger partial charge is 0.381 e. The molecule has 3 nitrogen and oxygen atoms in total. The van der Waals surface area contributed by atoms with Gasteiger partial charge in [-0.2, -0.15) is 0 Å². The fraction of sp³-hybridized carbons (Fsp3) is 1.00. The molecule has 106 valence electrons. The number of ether oxygens (including phenoxy) is 1. The van der Waals surface area contributed by atoms with Gasteiger partial charge in [-0.1, -0.05) is 0 Å². The van der Waals surface area contributed by atoms with E-state index >= 15 is 0 Å².